The summed E-state index contributed by atoms with van der Waals surface area (Å²) in [4.78, 5) is 14.8. The lowest BCUT2D eigenvalue weighted by Gasteiger charge is -2.30. The van der Waals surface area contributed by atoms with Crippen molar-refractivity contribution in [2.24, 2.45) is 0 Å². The topological polar surface area (TPSA) is 25.2 Å². The molecule has 0 bridgehead atoms. The highest BCUT2D eigenvalue weighted by atomic mass is 32.1. The van der Waals surface area contributed by atoms with Crippen molar-refractivity contribution in [1.29, 1.82) is 0 Å². The molecule has 2 aliphatic rings. The zero-order valence-electron chi connectivity index (χ0n) is 10.9. The van der Waals surface area contributed by atoms with Crippen LogP contribution in [0.5, 0.6) is 0 Å². The number of thiol groups is 1. The van der Waals surface area contributed by atoms with Gasteiger partial charge in [-0.05, 0) is 31.0 Å². The van der Waals surface area contributed by atoms with E-state index in [1.54, 1.807) is 0 Å². The molecular formula is C14H20N2OS. The largest absolute Gasteiger partial charge is 0.309 e. The first-order chi connectivity index (χ1) is 8.74. The number of hydrogen-bond donors (Lipinski definition) is 1. The van der Waals surface area contributed by atoms with E-state index >= 15 is 0 Å². The minimum atomic E-state index is 0.205. The molecule has 0 spiro atoms. The summed E-state index contributed by atoms with van der Waals surface area (Å²) in [5.74, 6) is 0.547. The van der Waals surface area contributed by atoms with Gasteiger partial charge in [0.05, 0.1) is 0 Å². The average molecular weight is 264 g/mol. The van der Waals surface area contributed by atoms with Crippen LogP contribution in [-0.4, -0.2) is 22.6 Å². The van der Waals surface area contributed by atoms with Gasteiger partial charge in [-0.3, -0.25) is 9.69 Å². The van der Waals surface area contributed by atoms with Crippen LogP contribution in [-0.2, 0) is 18.7 Å². The second-order valence-electron chi connectivity index (χ2n) is 5.32. The summed E-state index contributed by atoms with van der Waals surface area (Å²) in [6.07, 6.45) is 3.35. The monoisotopic (exact) mass is 264 g/mol. The maximum absolute atomic E-state index is 12.4. The zero-order chi connectivity index (χ0) is 12.7. The summed E-state index contributed by atoms with van der Waals surface area (Å²) in [7, 11) is 0. The fourth-order valence-electron chi connectivity index (χ4n) is 2.89. The van der Waals surface area contributed by atoms with E-state index in [1.807, 2.05) is 0 Å². The minimum Gasteiger partial charge on any atom is -0.309 e. The number of rotatable bonds is 3. The summed E-state index contributed by atoms with van der Waals surface area (Å²) in [5, 5.41) is 0. The third-order valence-corrected chi connectivity index (χ3v) is 4.43. The molecule has 18 heavy (non-hydrogen) atoms. The fraction of sp³-hybridized carbons (Fsp3) is 0.643. The molecule has 3 nitrogen and oxygen atoms in total. The van der Waals surface area contributed by atoms with Gasteiger partial charge in [-0.1, -0.05) is 6.92 Å². The van der Waals surface area contributed by atoms with Crippen molar-refractivity contribution in [2.75, 3.05) is 13.1 Å². The van der Waals surface area contributed by atoms with E-state index in [1.165, 1.54) is 24.1 Å². The Morgan fingerprint density at radius 2 is 2.22 bits per heavy atom. The number of aromatic nitrogens is 1. The van der Waals surface area contributed by atoms with E-state index in [4.69, 9.17) is 0 Å². The van der Waals surface area contributed by atoms with E-state index in [0.29, 0.717) is 11.8 Å². The van der Waals surface area contributed by atoms with E-state index in [2.05, 4.69) is 35.1 Å². The number of likely N-dealkylation sites (N-methyl/N-ethyl adjacent to an activating group) is 1. The molecule has 0 saturated heterocycles. The molecule has 0 amide bonds. The van der Waals surface area contributed by atoms with Crippen molar-refractivity contribution in [3.05, 3.63) is 33.2 Å². The van der Waals surface area contributed by atoms with Crippen LogP contribution in [0.15, 0.2) is 10.9 Å². The Morgan fingerprint density at radius 1 is 1.44 bits per heavy atom. The fourth-order valence-corrected chi connectivity index (χ4v) is 3.12. The van der Waals surface area contributed by atoms with Crippen LogP contribution in [0.2, 0.25) is 0 Å². The number of fused-ring (bicyclic) bond motifs is 1. The van der Waals surface area contributed by atoms with E-state index in [0.717, 1.165) is 31.6 Å². The summed E-state index contributed by atoms with van der Waals surface area (Å²) in [6, 6.07) is 2.56. The first-order valence-electron chi connectivity index (χ1n) is 6.84. The second-order valence-corrected chi connectivity index (χ2v) is 5.64. The molecule has 2 heterocycles. The highest BCUT2D eigenvalue weighted by molar-refractivity contribution is 7.79. The van der Waals surface area contributed by atoms with Gasteiger partial charge in [-0.2, -0.15) is 12.6 Å². The molecule has 0 atom stereocenters. The molecule has 1 aromatic heterocycles. The quantitative estimate of drug-likeness (QED) is 0.845. The van der Waals surface area contributed by atoms with Gasteiger partial charge >= 0.3 is 0 Å². The Kier molecular flexibility index (Phi) is 3.24. The van der Waals surface area contributed by atoms with Crippen molar-refractivity contribution >= 4 is 12.6 Å². The first-order valence-corrected chi connectivity index (χ1v) is 7.47. The maximum atomic E-state index is 12.4. The molecule has 3 rings (SSSR count). The van der Waals surface area contributed by atoms with Gasteiger partial charge in [-0.25, -0.2) is 0 Å². The van der Waals surface area contributed by atoms with Gasteiger partial charge in [-0.15, -0.1) is 0 Å². The van der Waals surface area contributed by atoms with E-state index < -0.39 is 0 Å². The first kappa shape index (κ1) is 12.3. The van der Waals surface area contributed by atoms with Gasteiger partial charge in [0.25, 0.3) is 5.56 Å². The Hall–Kier alpha value is -0.740. The molecule has 1 aromatic rings. The van der Waals surface area contributed by atoms with Crippen LogP contribution in [0.4, 0.5) is 0 Å². The normalized spacial score (nSPS) is 19.9. The van der Waals surface area contributed by atoms with Crippen molar-refractivity contribution in [1.82, 2.24) is 9.47 Å². The standard InChI is InChI=1S/C14H20N2OS/c1-2-15-6-5-13-10(8-15)7-11(9-18)14(17)16(13)12-3-4-12/h7,12,18H,2-6,8-9H2,1H3. The zero-order valence-corrected chi connectivity index (χ0v) is 11.7. The Balaban J connectivity index is 2.11. The van der Waals surface area contributed by atoms with Crippen LogP contribution < -0.4 is 5.56 Å². The van der Waals surface area contributed by atoms with Crippen molar-refractivity contribution in [3.8, 4) is 0 Å². The second kappa shape index (κ2) is 4.74. The highest BCUT2D eigenvalue weighted by Crippen LogP contribution is 2.36. The molecule has 1 aliphatic carbocycles. The average Bonchev–Trinajstić information content (AvgIpc) is 3.21. The summed E-state index contributed by atoms with van der Waals surface area (Å²) >= 11 is 4.30. The van der Waals surface area contributed by atoms with Gasteiger partial charge in [0.1, 0.15) is 0 Å². The lowest BCUT2D eigenvalue weighted by atomic mass is 10.0. The van der Waals surface area contributed by atoms with Gasteiger partial charge < -0.3 is 4.57 Å². The molecule has 1 fully saturated rings. The van der Waals surface area contributed by atoms with Crippen LogP contribution in [0, 0.1) is 0 Å². The number of nitrogens with zero attached hydrogens (tertiary/aromatic N) is 2. The van der Waals surface area contributed by atoms with E-state index in [-0.39, 0.29) is 5.56 Å². The summed E-state index contributed by atoms with van der Waals surface area (Å²) < 4.78 is 2.08. The molecule has 1 aliphatic heterocycles. The minimum absolute atomic E-state index is 0.205. The third kappa shape index (κ3) is 2.01. The predicted molar refractivity (Wildman–Crippen MR) is 76.3 cm³/mol. The Morgan fingerprint density at radius 3 is 2.83 bits per heavy atom. The van der Waals surface area contributed by atoms with E-state index in [9.17, 15) is 4.79 Å². The van der Waals surface area contributed by atoms with Gasteiger partial charge in [0.15, 0.2) is 0 Å². The molecule has 0 unspecified atom stereocenters. The molecule has 0 N–H and O–H groups in total. The molecule has 1 saturated carbocycles. The van der Waals surface area contributed by atoms with Crippen molar-refractivity contribution < 1.29 is 0 Å². The third-order valence-electron chi connectivity index (χ3n) is 4.09. The Labute approximate surface area is 113 Å². The maximum Gasteiger partial charge on any atom is 0.255 e. The summed E-state index contributed by atoms with van der Waals surface area (Å²) in [5.41, 5.74) is 3.70. The summed E-state index contributed by atoms with van der Waals surface area (Å²) in [6.45, 7) is 5.34. The molecule has 98 valence electrons. The number of hydrogen-bond acceptors (Lipinski definition) is 3. The molecule has 4 heteroatoms. The number of pyridine rings is 1. The highest BCUT2D eigenvalue weighted by Gasteiger charge is 2.30. The van der Waals surface area contributed by atoms with Crippen LogP contribution in [0.1, 0.15) is 42.6 Å². The van der Waals surface area contributed by atoms with Gasteiger partial charge in [0.2, 0.25) is 0 Å². The lowest BCUT2D eigenvalue weighted by molar-refractivity contribution is 0.261. The van der Waals surface area contributed by atoms with Crippen molar-refractivity contribution in [3.63, 3.8) is 0 Å². The predicted octanol–water partition coefficient (Wildman–Crippen LogP) is 1.99. The van der Waals surface area contributed by atoms with Crippen LogP contribution >= 0.6 is 12.6 Å². The Bertz CT molecular complexity index is 519. The molecule has 0 radical (unpaired) electrons. The molecular weight excluding hydrogens is 244 g/mol. The SMILES string of the molecule is CCN1CCc2c(cc(CS)c(=O)n2C2CC2)C1. The lowest BCUT2D eigenvalue weighted by Crippen LogP contribution is -2.36. The van der Waals surface area contributed by atoms with Gasteiger partial charge in [0, 0.05) is 42.6 Å². The smallest absolute Gasteiger partial charge is 0.255 e. The molecule has 0 aromatic carbocycles. The van der Waals surface area contributed by atoms with Crippen LogP contribution in [0.25, 0.3) is 0 Å². The van der Waals surface area contributed by atoms with Crippen molar-refractivity contribution in [2.45, 2.75) is 44.5 Å². The van der Waals surface area contributed by atoms with Crippen LogP contribution in [0.3, 0.4) is 0 Å².